The van der Waals surface area contributed by atoms with Gasteiger partial charge >= 0.3 is 5.97 Å². The van der Waals surface area contributed by atoms with E-state index in [0.717, 1.165) is 36.1 Å². The SMILES string of the molecule is CC.Cc1ccc2c(c1)OCC(NC1CCCC(C(=O)O)C1)C2O. The zero-order valence-electron chi connectivity index (χ0n) is 14.8. The van der Waals surface area contributed by atoms with Crippen LogP contribution < -0.4 is 10.1 Å². The number of hydrogen-bond donors (Lipinski definition) is 3. The molecule has 2 aliphatic rings. The third kappa shape index (κ3) is 4.28. The van der Waals surface area contributed by atoms with E-state index >= 15 is 0 Å². The lowest BCUT2D eigenvalue weighted by molar-refractivity contribution is -0.143. The van der Waals surface area contributed by atoms with Crippen molar-refractivity contribution in [3.05, 3.63) is 29.3 Å². The fourth-order valence-electron chi connectivity index (χ4n) is 3.51. The van der Waals surface area contributed by atoms with E-state index in [9.17, 15) is 9.90 Å². The Hall–Kier alpha value is -1.59. The van der Waals surface area contributed by atoms with Crippen LogP contribution in [0.4, 0.5) is 0 Å². The lowest BCUT2D eigenvalue weighted by Crippen LogP contribution is -2.49. The third-order valence-electron chi connectivity index (χ3n) is 4.76. The van der Waals surface area contributed by atoms with Crippen LogP contribution in [0.15, 0.2) is 18.2 Å². The molecule has 5 nitrogen and oxygen atoms in total. The van der Waals surface area contributed by atoms with Crippen LogP contribution in [0.5, 0.6) is 5.75 Å². The summed E-state index contributed by atoms with van der Waals surface area (Å²) in [4.78, 5) is 11.2. The number of ether oxygens (including phenoxy) is 1. The van der Waals surface area contributed by atoms with Crippen molar-refractivity contribution in [3.8, 4) is 5.75 Å². The molecule has 0 radical (unpaired) electrons. The van der Waals surface area contributed by atoms with Crippen LogP contribution in [0.1, 0.15) is 56.8 Å². The Kier molecular flexibility index (Phi) is 6.63. The highest BCUT2D eigenvalue weighted by Gasteiger charge is 2.33. The Labute approximate surface area is 144 Å². The summed E-state index contributed by atoms with van der Waals surface area (Å²) in [7, 11) is 0. The molecule has 4 unspecified atom stereocenters. The summed E-state index contributed by atoms with van der Waals surface area (Å²) in [6, 6.07) is 5.76. The minimum absolute atomic E-state index is 0.130. The first kappa shape index (κ1) is 18.7. The second-order valence-corrected chi connectivity index (χ2v) is 6.47. The van der Waals surface area contributed by atoms with Crippen molar-refractivity contribution in [2.45, 2.75) is 64.6 Å². The summed E-state index contributed by atoms with van der Waals surface area (Å²) in [5, 5.41) is 23.1. The fourth-order valence-corrected chi connectivity index (χ4v) is 3.51. The minimum atomic E-state index is -0.715. The predicted octanol–water partition coefficient (Wildman–Crippen LogP) is 3.05. The molecule has 5 heteroatoms. The van der Waals surface area contributed by atoms with E-state index in [0.29, 0.717) is 13.0 Å². The average Bonchev–Trinajstić information content (AvgIpc) is 2.59. The Bertz CT molecular complexity index is 560. The summed E-state index contributed by atoms with van der Waals surface area (Å²) in [5.74, 6) is -0.242. The maximum atomic E-state index is 11.2. The number of aryl methyl sites for hydroxylation is 1. The summed E-state index contributed by atoms with van der Waals surface area (Å²) in [6.45, 7) is 6.40. The summed E-state index contributed by atoms with van der Waals surface area (Å²) < 4.78 is 5.76. The number of carbonyl (C=O) groups is 1. The number of carboxylic acids is 1. The summed E-state index contributed by atoms with van der Waals surface area (Å²) in [5.41, 5.74) is 1.91. The normalized spacial score (nSPS) is 28.8. The van der Waals surface area contributed by atoms with E-state index in [4.69, 9.17) is 9.84 Å². The molecule has 1 aliphatic heterocycles. The smallest absolute Gasteiger partial charge is 0.306 e. The Morgan fingerprint density at radius 3 is 2.75 bits per heavy atom. The molecule has 1 aromatic rings. The third-order valence-corrected chi connectivity index (χ3v) is 4.76. The molecule has 4 atom stereocenters. The number of hydrogen-bond acceptors (Lipinski definition) is 4. The highest BCUT2D eigenvalue weighted by atomic mass is 16.5. The highest BCUT2D eigenvalue weighted by molar-refractivity contribution is 5.70. The second kappa shape index (κ2) is 8.49. The molecule has 1 saturated carbocycles. The molecule has 1 aliphatic carbocycles. The molecule has 3 N–H and O–H groups in total. The largest absolute Gasteiger partial charge is 0.491 e. The number of benzene rings is 1. The first-order valence-corrected chi connectivity index (χ1v) is 8.95. The van der Waals surface area contributed by atoms with E-state index in [-0.39, 0.29) is 18.0 Å². The van der Waals surface area contributed by atoms with E-state index in [1.54, 1.807) is 0 Å². The lowest BCUT2D eigenvalue weighted by Gasteiger charge is -2.36. The van der Waals surface area contributed by atoms with E-state index < -0.39 is 12.1 Å². The first-order chi connectivity index (χ1) is 11.5. The summed E-state index contributed by atoms with van der Waals surface area (Å²) >= 11 is 0. The highest BCUT2D eigenvalue weighted by Crippen LogP contribution is 2.34. The molecular formula is C19H29NO4. The van der Waals surface area contributed by atoms with Gasteiger partial charge in [0.15, 0.2) is 0 Å². The van der Waals surface area contributed by atoms with Crippen LogP contribution in [-0.4, -0.2) is 34.9 Å². The van der Waals surface area contributed by atoms with Gasteiger partial charge in [0, 0.05) is 11.6 Å². The van der Waals surface area contributed by atoms with Crippen LogP contribution in [0.3, 0.4) is 0 Å². The second-order valence-electron chi connectivity index (χ2n) is 6.47. The fraction of sp³-hybridized carbons (Fsp3) is 0.632. The Balaban J connectivity index is 0.00000100. The van der Waals surface area contributed by atoms with Gasteiger partial charge in [0.2, 0.25) is 0 Å². The molecular weight excluding hydrogens is 306 g/mol. The van der Waals surface area contributed by atoms with Gasteiger partial charge in [-0.2, -0.15) is 0 Å². The number of aliphatic hydroxyl groups excluding tert-OH is 1. The quantitative estimate of drug-likeness (QED) is 0.791. The summed E-state index contributed by atoms with van der Waals surface area (Å²) in [6.07, 6.45) is 2.62. The molecule has 0 aromatic heterocycles. The van der Waals surface area contributed by atoms with Gasteiger partial charge in [0.25, 0.3) is 0 Å². The van der Waals surface area contributed by atoms with Crippen molar-refractivity contribution >= 4 is 5.97 Å². The molecule has 3 rings (SSSR count). The van der Waals surface area contributed by atoms with E-state index in [1.807, 2.05) is 39.0 Å². The minimum Gasteiger partial charge on any atom is -0.491 e. The standard InChI is InChI=1S/C17H23NO4.C2H6/c1-10-5-6-13-15(7-10)22-9-14(16(13)19)18-12-4-2-3-11(8-12)17(20)21;1-2/h5-7,11-12,14,16,18-19H,2-4,8-9H2,1H3,(H,20,21);1-2H3. The number of rotatable bonds is 3. The van der Waals surface area contributed by atoms with E-state index in [1.165, 1.54) is 0 Å². The van der Waals surface area contributed by atoms with Crippen LogP contribution in [0, 0.1) is 12.8 Å². The molecule has 0 bridgehead atoms. The molecule has 1 heterocycles. The van der Waals surface area contributed by atoms with Gasteiger partial charge in [0.05, 0.1) is 12.0 Å². The van der Waals surface area contributed by atoms with Crippen molar-refractivity contribution < 1.29 is 19.7 Å². The molecule has 0 spiro atoms. The first-order valence-electron chi connectivity index (χ1n) is 8.95. The average molecular weight is 335 g/mol. The molecule has 1 fully saturated rings. The van der Waals surface area contributed by atoms with E-state index in [2.05, 4.69) is 5.32 Å². The van der Waals surface area contributed by atoms with Gasteiger partial charge in [-0.1, -0.05) is 32.4 Å². The zero-order valence-corrected chi connectivity index (χ0v) is 14.8. The molecule has 24 heavy (non-hydrogen) atoms. The van der Waals surface area contributed by atoms with Crippen LogP contribution in [0.25, 0.3) is 0 Å². The maximum absolute atomic E-state index is 11.2. The van der Waals surface area contributed by atoms with Gasteiger partial charge in [-0.05, 0) is 37.8 Å². The number of fused-ring (bicyclic) bond motifs is 1. The lowest BCUT2D eigenvalue weighted by atomic mass is 9.85. The van der Waals surface area contributed by atoms with Gasteiger partial charge in [0.1, 0.15) is 18.5 Å². The van der Waals surface area contributed by atoms with Gasteiger partial charge in [-0.25, -0.2) is 0 Å². The topological polar surface area (TPSA) is 78.8 Å². The van der Waals surface area contributed by atoms with Crippen LogP contribution in [0.2, 0.25) is 0 Å². The Morgan fingerprint density at radius 2 is 2.04 bits per heavy atom. The number of aliphatic hydroxyl groups is 1. The number of aliphatic carboxylic acids is 1. The van der Waals surface area contributed by atoms with Gasteiger partial charge in [-0.3, -0.25) is 4.79 Å². The van der Waals surface area contributed by atoms with Crippen molar-refractivity contribution in [1.82, 2.24) is 5.32 Å². The van der Waals surface area contributed by atoms with Crippen LogP contribution in [-0.2, 0) is 4.79 Å². The van der Waals surface area contributed by atoms with Crippen molar-refractivity contribution in [1.29, 1.82) is 0 Å². The maximum Gasteiger partial charge on any atom is 0.306 e. The monoisotopic (exact) mass is 335 g/mol. The molecule has 1 aromatic carbocycles. The van der Waals surface area contributed by atoms with Crippen molar-refractivity contribution in [2.24, 2.45) is 5.92 Å². The number of nitrogens with one attached hydrogen (secondary N) is 1. The van der Waals surface area contributed by atoms with Gasteiger partial charge in [-0.15, -0.1) is 0 Å². The predicted molar refractivity (Wildman–Crippen MR) is 93.3 cm³/mol. The molecule has 0 saturated heterocycles. The number of carboxylic acid groups (broad SMARTS) is 1. The van der Waals surface area contributed by atoms with Crippen molar-refractivity contribution in [2.75, 3.05) is 6.61 Å². The Morgan fingerprint density at radius 1 is 1.29 bits per heavy atom. The van der Waals surface area contributed by atoms with Gasteiger partial charge < -0.3 is 20.3 Å². The molecule has 134 valence electrons. The van der Waals surface area contributed by atoms with Crippen LogP contribution >= 0.6 is 0 Å². The van der Waals surface area contributed by atoms with Crippen molar-refractivity contribution in [3.63, 3.8) is 0 Å². The zero-order chi connectivity index (χ0) is 17.7. The molecule has 0 amide bonds.